The van der Waals surface area contributed by atoms with Crippen LogP contribution in [0.4, 0.5) is 0 Å². The molecule has 0 radical (unpaired) electrons. The summed E-state index contributed by atoms with van der Waals surface area (Å²) in [6, 6.07) is 30.9. The Bertz CT molecular complexity index is 3460. The number of fused-ring (bicyclic) bond motifs is 6. The second-order valence-electron chi connectivity index (χ2n) is 23.9. The maximum Gasteiger partial charge on any atom is 0.168 e. The molecular weight excluding hydrogens is 999 g/mol. The molecule has 0 amide bonds. The number of nitrogens with zero attached hydrogens (tertiary/aromatic N) is 1. The minimum absolute atomic E-state index is 0.0547. The molecule has 1 saturated heterocycles. The normalized spacial score (nSPS) is 26.0. The predicted molar refractivity (Wildman–Crippen MR) is 312 cm³/mol. The fourth-order valence-corrected chi connectivity index (χ4v) is 15.1. The van der Waals surface area contributed by atoms with Gasteiger partial charge in [0.25, 0.3) is 0 Å². The SMILES string of the molecule is COCNC1C=C2C#C[C@@H](CCc3ccc(O)c(Cc4cccc(O)c4)c3)CCC[C@H]3C[C@H](O)[C@@H]4C=Cc5c(ccc(O)c5OCc5cc([C@]67CCOC8(CCCCC8)[C@H]6CCc6ccccc67)cc6cn(cc56)C(=C2CO3)N1)C4. The van der Waals surface area contributed by atoms with Gasteiger partial charge in [-0.1, -0.05) is 104 Å². The van der Waals surface area contributed by atoms with Gasteiger partial charge in [0.05, 0.1) is 31.1 Å². The first-order chi connectivity index (χ1) is 39.1. The number of nitrogens with one attached hydrogen (secondary N) is 2. The predicted octanol–water partition coefficient (Wildman–Crippen LogP) is 11.9. The van der Waals surface area contributed by atoms with Crippen molar-refractivity contribution in [1.82, 2.24) is 15.2 Å². The van der Waals surface area contributed by atoms with Gasteiger partial charge >= 0.3 is 0 Å². The third-order valence-corrected chi connectivity index (χ3v) is 19.1. The van der Waals surface area contributed by atoms with Gasteiger partial charge in [-0.2, -0.15) is 0 Å². The van der Waals surface area contributed by atoms with Crippen molar-refractivity contribution in [1.29, 1.82) is 0 Å². The quantitative estimate of drug-likeness (QED) is 0.0611. The number of methoxy groups -OCH3 is 1. The van der Waals surface area contributed by atoms with Crippen LogP contribution in [-0.2, 0) is 51.9 Å². The number of phenols is 3. The van der Waals surface area contributed by atoms with Crippen LogP contribution in [0.25, 0.3) is 22.7 Å². The van der Waals surface area contributed by atoms with E-state index in [9.17, 15) is 20.4 Å². The fraction of sp³-hybridized carbons (Fsp3) is 0.420. The van der Waals surface area contributed by atoms with E-state index in [0.717, 1.165) is 125 Å². The Hall–Kier alpha value is -6.78. The molecule has 1 aromatic heterocycles. The lowest BCUT2D eigenvalue weighted by atomic mass is 9.51. The molecule has 6 N–H and O–H groups in total. The summed E-state index contributed by atoms with van der Waals surface area (Å²) in [6.45, 7) is 1.53. The molecule has 6 heterocycles. The van der Waals surface area contributed by atoms with Gasteiger partial charge in [0, 0.05) is 89.6 Å². The third kappa shape index (κ3) is 10.1. The molecular formula is C69H75N3O8. The Balaban J connectivity index is 0.943. The molecule has 414 valence electrons. The first-order valence-electron chi connectivity index (χ1n) is 29.5. The third-order valence-electron chi connectivity index (χ3n) is 19.1. The molecule has 8 aliphatic rings. The van der Waals surface area contributed by atoms with E-state index in [1.165, 1.54) is 36.0 Å². The number of phenolic OH excluding ortho intramolecular Hbond substituents is 3. The summed E-state index contributed by atoms with van der Waals surface area (Å²) < 4.78 is 29.0. The van der Waals surface area contributed by atoms with E-state index in [1.54, 1.807) is 31.4 Å². The number of dihydropyridines is 1. The molecule has 5 aliphatic heterocycles. The first kappa shape index (κ1) is 52.6. The molecule has 80 heavy (non-hydrogen) atoms. The monoisotopic (exact) mass is 1070 g/mol. The van der Waals surface area contributed by atoms with E-state index in [4.69, 9.17) is 18.9 Å². The highest BCUT2D eigenvalue weighted by atomic mass is 16.5. The number of ether oxygens (including phenoxy) is 4. The Morgan fingerprint density at radius 2 is 1.73 bits per heavy atom. The molecule has 1 spiro atoms. The van der Waals surface area contributed by atoms with Crippen molar-refractivity contribution >= 4 is 22.7 Å². The number of aliphatic hydroxyl groups is 1. The number of aryl methyl sites for hydroxylation is 2. The van der Waals surface area contributed by atoms with Crippen LogP contribution in [0.15, 0.2) is 127 Å². The molecule has 3 aliphatic carbocycles. The van der Waals surface area contributed by atoms with Crippen LogP contribution >= 0.6 is 0 Å². The minimum atomic E-state index is -0.675. The Kier molecular flexibility index (Phi) is 14.6. The van der Waals surface area contributed by atoms with Crippen molar-refractivity contribution in [2.75, 3.05) is 27.1 Å². The van der Waals surface area contributed by atoms with Gasteiger partial charge in [-0.05, 0) is 152 Å². The van der Waals surface area contributed by atoms with Crippen molar-refractivity contribution in [2.24, 2.45) is 17.8 Å². The zero-order chi connectivity index (χ0) is 54.4. The summed E-state index contributed by atoms with van der Waals surface area (Å²) in [7, 11) is 1.69. The Morgan fingerprint density at radius 1 is 0.838 bits per heavy atom. The van der Waals surface area contributed by atoms with Crippen LogP contribution in [0, 0.1) is 29.6 Å². The molecule has 11 nitrogen and oxygen atoms in total. The lowest BCUT2D eigenvalue weighted by molar-refractivity contribution is -0.166. The number of aliphatic hydroxyl groups excluding tert-OH is 1. The Labute approximate surface area is 470 Å². The Morgan fingerprint density at radius 3 is 2.61 bits per heavy atom. The second-order valence-corrected chi connectivity index (χ2v) is 23.9. The topological polar surface area (TPSA) is 147 Å². The summed E-state index contributed by atoms with van der Waals surface area (Å²) in [4.78, 5) is 0. The van der Waals surface area contributed by atoms with E-state index in [2.05, 4.69) is 94.1 Å². The zero-order valence-corrected chi connectivity index (χ0v) is 46.0. The van der Waals surface area contributed by atoms with Gasteiger partial charge in [0.15, 0.2) is 11.5 Å². The van der Waals surface area contributed by atoms with Gasteiger partial charge < -0.3 is 49.3 Å². The van der Waals surface area contributed by atoms with Crippen LogP contribution in [0.2, 0.25) is 0 Å². The smallest absolute Gasteiger partial charge is 0.168 e. The van der Waals surface area contributed by atoms with Gasteiger partial charge in [-0.3, -0.25) is 5.32 Å². The number of aromatic nitrogens is 1. The van der Waals surface area contributed by atoms with Gasteiger partial charge in [0.1, 0.15) is 30.1 Å². The highest BCUT2D eigenvalue weighted by molar-refractivity contribution is 5.89. The summed E-state index contributed by atoms with van der Waals surface area (Å²) in [5.74, 6) is 9.61. The highest BCUT2D eigenvalue weighted by Crippen LogP contribution is 2.60. The molecule has 14 rings (SSSR count). The van der Waals surface area contributed by atoms with E-state index in [0.29, 0.717) is 44.3 Å². The standard InChI is InChI=1S/C69H75N3O8/c1-77-43-70-65-37-49-19-17-44(15-16-45-18-24-61(74)51(31-45)32-46-10-7-12-55(73)33-46)9-8-13-56-38-63(76)50-20-23-57-48(34-50)21-25-62(75)66(57)79-41-53-36-54(35-52-39-72(40-58(52)53)67(71-65)59(49)42-78-56)69-29-30-80-68(27-5-2-6-28-68)64(69)26-22-47-11-3-4-14-60(47)69/h3-4,7,10-12,14,18,20-21,23-25,31,33,35-37,39-40,44,50,56,63-65,70-71,73-76H,2,5-6,8-9,13,15-16,22,26-30,32,34,38,41-43H2,1H3/t44-,50-,56+,63+,64-,65?,69+/m1/s1. The zero-order valence-electron chi connectivity index (χ0n) is 46.0. The maximum absolute atomic E-state index is 12.2. The van der Waals surface area contributed by atoms with Crippen LogP contribution in [0.5, 0.6) is 23.0 Å². The van der Waals surface area contributed by atoms with Crippen molar-refractivity contribution in [3.05, 3.63) is 177 Å². The van der Waals surface area contributed by atoms with E-state index >= 15 is 0 Å². The molecule has 1 saturated carbocycles. The lowest BCUT2D eigenvalue weighted by Gasteiger charge is -2.59. The second kappa shape index (κ2) is 22.3. The maximum atomic E-state index is 12.2. The number of rotatable bonds is 9. The molecule has 5 aromatic carbocycles. The van der Waals surface area contributed by atoms with Crippen LogP contribution in [-0.4, -0.2) is 76.0 Å². The van der Waals surface area contributed by atoms with E-state index in [1.807, 2.05) is 30.3 Å². The number of hydrogen-bond donors (Lipinski definition) is 6. The number of aromatic hydroxyl groups is 3. The van der Waals surface area contributed by atoms with Crippen molar-refractivity contribution < 1.29 is 39.4 Å². The summed E-state index contributed by atoms with van der Waals surface area (Å²) in [5.41, 5.74) is 11.3. The molecule has 8 bridgehead atoms. The summed E-state index contributed by atoms with van der Waals surface area (Å²) in [5, 5.41) is 54.5. The largest absolute Gasteiger partial charge is 0.508 e. The van der Waals surface area contributed by atoms with Crippen LogP contribution in [0.1, 0.15) is 127 Å². The fourth-order valence-electron chi connectivity index (χ4n) is 15.1. The minimum Gasteiger partial charge on any atom is -0.508 e. The summed E-state index contributed by atoms with van der Waals surface area (Å²) >= 11 is 0. The van der Waals surface area contributed by atoms with Crippen LogP contribution < -0.4 is 15.4 Å². The highest BCUT2D eigenvalue weighted by Gasteiger charge is 2.58. The van der Waals surface area contributed by atoms with E-state index in [-0.39, 0.29) is 65.6 Å². The van der Waals surface area contributed by atoms with Crippen molar-refractivity contribution in [3.63, 3.8) is 0 Å². The average molecular weight is 1070 g/mol. The van der Waals surface area contributed by atoms with Gasteiger partial charge in [0.2, 0.25) is 0 Å². The number of hydrogen-bond acceptors (Lipinski definition) is 10. The van der Waals surface area contributed by atoms with Crippen molar-refractivity contribution in [3.8, 4) is 34.8 Å². The van der Waals surface area contributed by atoms with Crippen molar-refractivity contribution in [2.45, 2.75) is 139 Å². The first-order valence-corrected chi connectivity index (χ1v) is 29.5. The van der Waals surface area contributed by atoms with E-state index < -0.39 is 6.10 Å². The van der Waals surface area contributed by atoms with Crippen LogP contribution in [0.3, 0.4) is 0 Å². The average Bonchev–Trinajstić information content (AvgIpc) is 2.87. The molecule has 2 fully saturated rings. The molecule has 7 atom stereocenters. The van der Waals surface area contributed by atoms with Gasteiger partial charge in [-0.25, -0.2) is 0 Å². The molecule has 1 unspecified atom stereocenters. The summed E-state index contributed by atoms with van der Waals surface area (Å²) in [6.07, 6.45) is 24.0. The molecule has 11 heteroatoms. The number of benzene rings is 5. The van der Waals surface area contributed by atoms with Gasteiger partial charge in [-0.15, -0.1) is 0 Å². The molecule has 6 aromatic rings. The lowest BCUT2D eigenvalue weighted by Crippen LogP contribution is -2.59.